The third kappa shape index (κ3) is 6.41. The maximum atomic E-state index is 12.5. The van der Waals surface area contributed by atoms with E-state index in [-0.39, 0.29) is 11.8 Å². The number of rotatable bonds is 7. The number of piperidine rings is 1. The first kappa shape index (κ1) is 21.0. The van der Waals surface area contributed by atoms with Crippen molar-refractivity contribution in [2.75, 3.05) is 30.3 Å². The number of likely N-dealkylation sites (tertiary alicyclic amines) is 1. The maximum absolute atomic E-state index is 12.5. The van der Waals surface area contributed by atoms with Gasteiger partial charge in [-0.15, -0.1) is 0 Å². The molecule has 0 radical (unpaired) electrons. The van der Waals surface area contributed by atoms with Crippen molar-refractivity contribution in [2.24, 2.45) is 5.73 Å². The minimum atomic E-state index is -0.643. The molecule has 0 aliphatic carbocycles. The summed E-state index contributed by atoms with van der Waals surface area (Å²) >= 11 is 0. The molecule has 154 valence electrons. The summed E-state index contributed by atoms with van der Waals surface area (Å²) in [6.45, 7) is 4.28. The number of nitrogens with zero attached hydrogens (tertiary/aromatic N) is 1. The number of nitrogens with one attached hydrogen (secondary N) is 2. The summed E-state index contributed by atoms with van der Waals surface area (Å²) in [6, 6.07) is 14.5. The summed E-state index contributed by atoms with van der Waals surface area (Å²) < 4.78 is 0. The van der Waals surface area contributed by atoms with Gasteiger partial charge in [-0.2, -0.15) is 0 Å². The zero-order valence-electron chi connectivity index (χ0n) is 17.0. The van der Waals surface area contributed by atoms with Crippen molar-refractivity contribution in [3.8, 4) is 0 Å². The van der Waals surface area contributed by atoms with Gasteiger partial charge in [0.1, 0.15) is 0 Å². The smallest absolute Gasteiger partial charge is 0.241 e. The molecule has 3 rings (SSSR count). The monoisotopic (exact) mass is 394 g/mol. The highest BCUT2D eigenvalue weighted by Gasteiger charge is 2.16. The van der Waals surface area contributed by atoms with Crippen LogP contribution in [0, 0.1) is 6.92 Å². The number of aryl methyl sites for hydroxylation is 1. The van der Waals surface area contributed by atoms with E-state index in [1.54, 1.807) is 6.07 Å². The van der Waals surface area contributed by atoms with Crippen molar-refractivity contribution in [1.82, 2.24) is 4.90 Å². The van der Waals surface area contributed by atoms with E-state index >= 15 is 0 Å². The van der Waals surface area contributed by atoms with E-state index in [2.05, 4.69) is 15.5 Å². The van der Waals surface area contributed by atoms with Crippen LogP contribution in [0.2, 0.25) is 0 Å². The highest BCUT2D eigenvalue weighted by Crippen LogP contribution is 2.21. The largest absolute Gasteiger partial charge is 0.325 e. The van der Waals surface area contributed by atoms with Crippen LogP contribution in [0.15, 0.2) is 48.5 Å². The van der Waals surface area contributed by atoms with Gasteiger partial charge in [0.15, 0.2) is 0 Å². The topological polar surface area (TPSA) is 87.5 Å². The standard InChI is InChI=1S/C23H30N4O2/c1-17-10-11-19(25-23(29)20(24)14-18-8-4-2-5-9-18)15-21(17)26-22(28)16-27-12-6-3-7-13-27/h2,4-5,8-11,15,20H,3,6-7,12-14,16,24H2,1H3,(H,25,29)(H,26,28). The second-order valence-corrected chi connectivity index (χ2v) is 7.70. The molecule has 4 N–H and O–H groups in total. The van der Waals surface area contributed by atoms with Crippen LogP contribution in [-0.2, 0) is 16.0 Å². The molecule has 6 nitrogen and oxygen atoms in total. The summed E-state index contributed by atoms with van der Waals surface area (Å²) in [6.07, 6.45) is 4.01. The number of benzene rings is 2. The molecular formula is C23H30N4O2. The second-order valence-electron chi connectivity index (χ2n) is 7.70. The molecule has 1 saturated heterocycles. The molecule has 0 aromatic heterocycles. The van der Waals surface area contributed by atoms with E-state index in [9.17, 15) is 9.59 Å². The quantitative estimate of drug-likeness (QED) is 0.674. The van der Waals surface area contributed by atoms with Crippen molar-refractivity contribution in [3.05, 3.63) is 59.7 Å². The van der Waals surface area contributed by atoms with E-state index in [0.29, 0.717) is 24.3 Å². The van der Waals surface area contributed by atoms with Gasteiger partial charge in [-0.05, 0) is 62.5 Å². The Labute approximate surface area is 172 Å². The van der Waals surface area contributed by atoms with E-state index < -0.39 is 6.04 Å². The summed E-state index contributed by atoms with van der Waals surface area (Å²) in [5.74, 6) is -0.275. The van der Waals surface area contributed by atoms with E-state index in [4.69, 9.17) is 5.73 Å². The minimum absolute atomic E-state index is 0.0285. The summed E-state index contributed by atoms with van der Waals surface area (Å²) in [7, 11) is 0. The molecule has 29 heavy (non-hydrogen) atoms. The lowest BCUT2D eigenvalue weighted by atomic mass is 10.1. The number of hydrogen-bond acceptors (Lipinski definition) is 4. The first-order valence-electron chi connectivity index (χ1n) is 10.2. The van der Waals surface area contributed by atoms with Crippen LogP contribution in [0.4, 0.5) is 11.4 Å². The van der Waals surface area contributed by atoms with Crippen molar-refractivity contribution >= 4 is 23.2 Å². The molecule has 6 heteroatoms. The number of amides is 2. The fourth-order valence-electron chi connectivity index (χ4n) is 3.54. The van der Waals surface area contributed by atoms with Crippen LogP contribution >= 0.6 is 0 Å². The van der Waals surface area contributed by atoms with Gasteiger partial charge in [0.25, 0.3) is 0 Å². The summed E-state index contributed by atoms with van der Waals surface area (Å²) in [5.41, 5.74) is 9.36. The summed E-state index contributed by atoms with van der Waals surface area (Å²) in [4.78, 5) is 27.1. The molecule has 0 saturated carbocycles. The lowest BCUT2D eigenvalue weighted by Crippen LogP contribution is -2.37. The van der Waals surface area contributed by atoms with Crippen molar-refractivity contribution in [3.63, 3.8) is 0 Å². The second kappa shape index (κ2) is 10.2. The molecule has 1 heterocycles. The third-order valence-electron chi connectivity index (χ3n) is 5.23. The predicted molar refractivity (Wildman–Crippen MR) is 117 cm³/mol. The number of hydrogen-bond donors (Lipinski definition) is 3. The lowest BCUT2D eigenvalue weighted by Gasteiger charge is -2.25. The van der Waals surface area contributed by atoms with E-state index in [1.807, 2.05) is 49.4 Å². The van der Waals surface area contributed by atoms with E-state index in [0.717, 1.165) is 37.1 Å². The molecule has 2 amide bonds. The number of carbonyl (C=O) groups is 2. The van der Waals surface area contributed by atoms with Crippen LogP contribution in [0.5, 0.6) is 0 Å². The van der Waals surface area contributed by atoms with Gasteiger partial charge in [-0.25, -0.2) is 0 Å². The van der Waals surface area contributed by atoms with Gasteiger partial charge in [0.05, 0.1) is 12.6 Å². The third-order valence-corrected chi connectivity index (χ3v) is 5.23. The fourth-order valence-corrected chi connectivity index (χ4v) is 3.54. The number of anilines is 2. The van der Waals surface area contributed by atoms with Crippen molar-refractivity contribution < 1.29 is 9.59 Å². The Hall–Kier alpha value is -2.70. The molecule has 0 bridgehead atoms. The van der Waals surface area contributed by atoms with Gasteiger partial charge in [0, 0.05) is 11.4 Å². The SMILES string of the molecule is Cc1ccc(NC(=O)C(N)Cc2ccccc2)cc1NC(=O)CN1CCCCC1. The highest BCUT2D eigenvalue weighted by molar-refractivity contribution is 5.97. The Morgan fingerprint density at radius 3 is 2.48 bits per heavy atom. The average Bonchev–Trinajstić information content (AvgIpc) is 2.72. The molecule has 1 aliphatic heterocycles. The fraction of sp³-hybridized carbons (Fsp3) is 0.391. The van der Waals surface area contributed by atoms with Gasteiger partial charge in [0.2, 0.25) is 11.8 Å². The Morgan fingerprint density at radius 2 is 1.76 bits per heavy atom. The average molecular weight is 395 g/mol. The molecule has 2 aromatic carbocycles. The van der Waals surface area contributed by atoms with Crippen LogP contribution in [0.1, 0.15) is 30.4 Å². The zero-order valence-corrected chi connectivity index (χ0v) is 17.0. The van der Waals surface area contributed by atoms with Crippen LogP contribution in [-0.4, -0.2) is 42.4 Å². The molecule has 1 aliphatic rings. The van der Waals surface area contributed by atoms with Crippen LogP contribution in [0.3, 0.4) is 0 Å². The maximum Gasteiger partial charge on any atom is 0.241 e. The lowest BCUT2D eigenvalue weighted by molar-refractivity contribution is -0.118. The Morgan fingerprint density at radius 1 is 1.03 bits per heavy atom. The predicted octanol–water partition coefficient (Wildman–Crippen LogP) is 2.93. The molecular weight excluding hydrogens is 364 g/mol. The van der Waals surface area contributed by atoms with Crippen LogP contribution < -0.4 is 16.4 Å². The zero-order chi connectivity index (χ0) is 20.6. The van der Waals surface area contributed by atoms with Gasteiger partial charge in [-0.1, -0.05) is 42.8 Å². The Bertz CT molecular complexity index is 832. The molecule has 2 aromatic rings. The number of carbonyl (C=O) groups excluding carboxylic acids is 2. The Kier molecular flexibility index (Phi) is 7.38. The first-order chi connectivity index (χ1) is 14.0. The summed E-state index contributed by atoms with van der Waals surface area (Å²) in [5, 5.41) is 5.84. The Balaban J connectivity index is 1.57. The van der Waals surface area contributed by atoms with Gasteiger partial charge >= 0.3 is 0 Å². The minimum Gasteiger partial charge on any atom is -0.325 e. The van der Waals surface area contributed by atoms with Crippen LogP contribution in [0.25, 0.3) is 0 Å². The normalized spacial score (nSPS) is 15.5. The van der Waals surface area contributed by atoms with Crippen molar-refractivity contribution in [1.29, 1.82) is 0 Å². The van der Waals surface area contributed by atoms with E-state index in [1.165, 1.54) is 6.42 Å². The molecule has 0 spiro atoms. The van der Waals surface area contributed by atoms with Gasteiger partial charge < -0.3 is 16.4 Å². The first-order valence-corrected chi connectivity index (χ1v) is 10.2. The molecule has 1 atom stereocenters. The molecule has 1 fully saturated rings. The van der Waals surface area contributed by atoms with Gasteiger partial charge in [-0.3, -0.25) is 14.5 Å². The van der Waals surface area contributed by atoms with Crippen molar-refractivity contribution in [2.45, 2.75) is 38.6 Å². The molecule has 1 unspecified atom stereocenters. The number of nitrogens with two attached hydrogens (primary N) is 1. The highest BCUT2D eigenvalue weighted by atomic mass is 16.2.